The molecule has 1 aliphatic heterocycles. The van der Waals surface area contributed by atoms with Crippen LogP contribution in [-0.2, 0) is 6.54 Å². The number of carbonyl (C=O) groups excluding carboxylic acids is 1. The van der Waals surface area contributed by atoms with E-state index in [0.717, 1.165) is 49.0 Å². The number of hydrogen-bond acceptors (Lipinski definition) is 3. The molecule has 0 bridgehead atoms. The van der Waals surface area contributed by atoms with Crippen molar-refractivity contribution in [3.05, 3.63) is 65.7 Å². The van der Waals surface area contributed by atoms with Crippen LogP contribution in [-0.4, -0.2) is 60.6 Å². The minimum Gasteiger partial charge on any atom is -0.352 e. The number of carbonyl (C=O) groups is 1. The van der Waals surface area contributed by atoms with Crippen molar-refractivity contribution in [2.45, 2.75) is 31.7 Å². The van der Waals surface area contributed by atoms with Gasteiger partial charge in [0.1, 0.15) is 0 Å². The molecule has 31 heavy (non-hydrogen) atoms. The first-order valence-electron chi connectivity index (χ1n) is 11.2. The van der Waals surface area contributed by atoms with Gasteiger partial charge in [-0.25, -0.2) is 0 Å². The average molecular weight is 439 g/mol. The number of likely N-dealkylation sites (tertiary alicyclic amines) is 1. The van der Waals surface area contributed by atoms with E-state index in [9.17, 15) is 4.79 Å². The van der Waals surface area contributed by atoms with Gasteiger partial charge in [0.05, 0.1) is 0 Å². The first-order valence-corrected chi connectivity index (χ1v) is 12.1. The fraction of sp³-hybridized carbons (Fsp3) is 0.440. The van der Waals surface area contributed by atoms with Gasteiger partial charge in [0.15, 0.2) is 5.96 Å². The number of thioether (sulfide) groups is 1. The molecular formula is C25H34N4OS. The summed E-state index contributed by atoms with van der Waals surface area (Å²) in [4.78, 5) is 22.5. The third kappa shape index (κ3) is 6.50. The maximum Gasteiger partial charge on any atom is 0.253 e. The highest BCUT2D eigenvalue weighted by atomic mass is 32.2. The lowest BCUT2D eigenvalue weighted by atomic mass is 10.1. The minimum atomic E-state index is 0.0943. The predicted octanol–water partition coefficient (Wildman–Crippen LogP) is 4.36. The van der Waals surface area contributed by atoms with Gasteiger partial charge in [0.2, 0.25) is 0 Å². The van der Waals surface area contributed by atoms with Crippen molar-refractivity contribution in [3.63, 3.8) is 0 Å². The lowest BCUT2D eigenvalue weighted by Gasteiger charge is -2.22. The molecule has 3 rings (SSSR count). The Balaban J connectivity index is 1.47. The number of amides is 1. The predicted molar refractivity (Wildman–Crippen MR) is 131 cm³/mol. The van der Waals surface area contributed by atoms with Crippen LogP contribution in [0.25, 0.3) is 0 Å². The van der Waals surface area contributed by atoms with E-state index in [2.05, 4.69) is 45.5 Å². The summed E-state index contributed by atoms with van der Waals surface area (Å²) in [6.07, 6.45) is 1.20. The number of nitrogens with one attached hydrogen (secondary N) is 1. The van der Waals surface area contributed by atoms with Gasteiger partial charge >= 0.3 is 0 Å². The molecule has 1 atom stereocenters. The van der Waals surface area contributed by atoms with E-state index in [4.69, 9.17) is 0 Å². The fourth-order valence-electron chi connectivity index (χ4n) is 3.86. The molecule has 2 aromatic rings. The second kappa shape index (κ2) is 11.8. The summed E-state index contributed by atoms with van der Waals surface area (Å²) >= 11 is 1.94. The molecule has 2 aromatic carbocycles. The van der Waals surface area contributed by atoms with Crippen LogP contribution < -0.4 is 5.32 Å². The van der Waals surface area contributed by atoms with Crippen molar-refractivity contribution >= 4 is 23.6 Å². The zero-order valence-corrected chi connectivity index (χ0v) is 19.7. The molecule has 1 unspecified atom stereocenters. The van der Waals surface area contributed by atoms with E-state index in [0.29, 0.717) is 12.5 Å². The summed E-state index contributed by atoms with van der Waals surface area (Å²) in [5, 5.41) is 3.49. The average Bonchev–Trinajstić information content (AvgIpc) is 3.29. The van der Waals surface area contributed by atoms with Crippen molar-refractivity contribution < 1.29 is 4.79 Å². The molecule has 1 aliphatic rings. The van der Waals surface area contributed by atoms with Crippen LogP contribution in [0.3, 0.4) is 0 Å². The highest BCUT2D eigenvalue weighted by Crippen LogP contribution is 2.25. The van der Waals surface area contributed by atoms with Crippen molar-refractivity contribution in [1.82, 2.24) is 15.1 Å². The molecule has 1 saturated heterocycles. The van der Waals surface area contributed by atoms with Crippen molar-refractivity contribution in [2.75, 3.05) is 39.0 Å². The van der Waals surface area contributed by atoms with Gasteiger partial charge in [-0.05, 0) is 56.0 Å². The van der Waals surface area contributed by atoms with E-state index in [1.165, 1.54) is 11.3 Å². The molecule has 0 aromatic heterocycles. The third-order valence-corrected chi connectivity index (χ3v) is 6.97. The van der Waals surface area contributed by atoms with Gasteiger partial charge in [-0.3, -0.25) is 9.79 Å². The standard InChI is InChI=1S/C25H34N4OS/c1-4-28(5-2)24(30)22-13-11-20(12-14-22)17-27-25(26-3)29-16-15-21(18-29)19-31-23-9-7-6-8-10-23/h6-14,21H,4-5,15-19H2,1-3H3,(H,26,27). The van der Waals surface area contributed by atoms with Crippen molar-refractivity contribution in [2.24, 2.45) is 10.9 Å². The van der Waals surface area contributed by atoms with Crippen LogP contribution in [0.4, 0.5) is 0 Å². The van der Waals surface area contributed by atoms with Gasteiger partial charge in [-0.1, -0.05) is 30.3 Å². The largest absolute Gasteiger partial charge is 0.352 e. The molecule has 5 nitrogen and oxygen atoms in total. The molecule has 0 aliphatic carbocycles. The number of nitrogens with zero attached hydrogens (tertiary/aromatic N) is 3. The van der Waals surface area contributed by atoms with Crippen LogP contribution in [0.15, 0.2) is 64.5 Å². The van der Waals surface area contributed by atoms with Gasteiger partial charge in [0.25, 0.3) is 5.91 Å². The zero-order valence-electron chi connectivity index (χ0n) is 18.9. The highest BCUT2D eigenvalue weighted by molar-refractivity contribution is 7.99. The van der Waals surface area contributed by atoms with Crippen LogP contribution in [0.2, 0.25) is 0 Å². The number of hydrogen-bond donors (Lipinski definition) is 1. The van der Waals surface area contributed by atoms with E-state index in [1.807, 2.05) is 61.8 Å². The fourth-order valence-corrected chi connectivity index (χ4v) is 4.91. The van der Waals surface area contributed by atoms with Crippen LogP contribution in [0, 0.1) is 5.92 Å². The maximum absolute atomic E-state index is 12.5. The number of benzene rings is 2. The number of rotatable bonds is 8. The van der Waals surface area contributed by atoms with Crippen LogP contribution in [0.5, 0.6) is 0 Å². The molecule has 0 spiro atoms. The molecule has 0 radical (unpaired) electrons. The SMILES string of the molecule is CCN(CC)C(=O)c1ccc(CNC(=NC)N2CCC(CSc3ccccc3)C2)cc1. The monoisotopic (exact) mass is 438 g/mol. The van der Waals surface area contributed by atoms with Crippen molar-refractivity contribution in [1.29, 1.82) is 0 Å². The van der Waals surface area contributed by atoms with Crippen molar-refractivity contribution in [3.8, 4) is 0 Å². The van der Waals surface area contributed by atoms with E-state index in [-0.39, 0.29) is 5.91 Å². The van der Waals surface area contributed by atoms with E-state index >= 15 is 0 Å². The Bertz CT molecular complexity index is 850. The molecule has 1 N–H and O–H groups in total. The summed E-state index contributed by atoms with van der Waals surface area (Å²) < 4.78 is 0. The van der Waals surface area contributed by atoms with Gasteiger partial charge in [-0.15, -0.1) is 11.8 Å². The van der Waals surface area contributed by atoms with Crippen LogP contribution >= 0.6 is 11.8 Å². The number of guanidine groups is 1. The zero-order chi connectivity index (χ0) is 22.1. The topological polar surface area (TPSA) is 47.9 Å². The molecular weight excluding hydrogens is 404 g/mol. The lowest BCUT2D eigenvalue weighted by Crippen LogP contribution is -2.39. The Morgan fingerprint density at radius 2 is 1.84 bits per heavy atom. The Kier molecular flexibility index (Phi) is 8.83. The molecule has 1 fully saturated rings. The van der Waals surface area contributed by atoms with Gasteiger partial charge < -0.3 is 15.1 Å². The quantitative estimate of drug-likeness (QED) is 0.378. The summed E-state index contributed by atoms with van der Waals surface area (Å²) in [5.41, 5.74) is 1.89. The third-order valence-electron chi connectivity index (χ3n) is 5.73. The Morgan fingerprint density at radius 1 is 1.13 bits per heavy atom. The Labute approximate surface area is 190 Å². The first-order chi connectivity index (χ1) is 15.1. The maximum atomic E-state index is 12.5. The van der Waals surface area contributed by atoms with Crippen LogP contribution in [0.1, 0.15) is 36.2 Å². The molecule has 166 valence electrons. The van der Waals surface area contributed by atoms with Gasteiger partial charge in [-0.2, -0.15) is 0 Å². The Hall–Kier alpha value is -2.47. The summed E-state index contributed by atoms with van der Waals surface area (Å²) in [6, 6.07) is 18.5. The second-order valence-electron chi connectivity index (χ2n) is 7.80. The first kappa shape index (κ1) is 23.2. The van der Waals surface area contributed by atoms with E-state index < -0.39 is 0 Å². The summed E-state index contributed by atoms with van der Waals surface area (Å²) in [5.74, 6) is 2.86. The number of aliphatic imine (C=N–C) groups is 1. The molecule has 1 heterocycles. The smallest absolute Gasteiger partial charge is 0.253 e. The molecule has 1 amide bonds. The molecule has 6 heteroatoms. The lowest BCUT2D eigenvalue weighted by molar-refractivity contribution is 0.0773. The summed E-state index contributed by atoms with van der Waals surface area (Å²) in [6.45, 7) is 8.26. The van der Waals surface area contributed by atoms with E-state index in [1.54, 1.807) is 0 Å². The minimum absolute atomic E-state index is 0.0943. The Morgan fingerprint density at radius 3 is 2.48 bits per heavy atom. The molecule has 0 saturated carbocycles. The van der Waals surface area contributed by atoms with Gasteiger partial charge in [0, 0.05) is 56.0 Å². The highest BCUT2D eigenvalue weighted by Gasteiger charge is 2.24. The summed E-state index contributed by atoms with van der Waals surface area (Å²) in [7, 11) is 1.85. The second-order valence-corrected chi connectivity index (χ2v) is 8.89. The normalized spacial score (nSPS) is 16.4.